The molecule has 0 aromatic carbocycles. The van der Waals surface area contributed by atoms with Crippen molar-refractivity contribution in [1.29, 1.82) is 0 Å². The van der Waals surface area contributed by atoms with Gasteiger partial charge in [-0.15, -0.1) is 4.80 Å². The minimum atomic E-state index is -4.68. The summed E-state index contributed by atoms with van der Waals surface area (Å²) >= 11 is 0. The summed E-state index contributed by atoms with van der Waals surface area (Å²) in [6.45, 7) is 2.46. The van der Waals surface area contributed by atoms with Crippen LogP contribution in [0.5, 0.6) is 0 Å². The van der Waals surface area contributed by atoms with E-state index >= 15 is 0 Å². The third-order valence-corrected chi connectivity index (χ3v) is 6.55. The van der Waals surface area contributed by atoms with Crippen LogP contribution in [0.15, 0.2) is 36.8 Å². The molecule has 4 heterocycles. The van der Waals surface area contributed by atoms with Crippen molar-refractivity contribution in [1.82, 2.24) is 29.9 Å². The quantitative estimate of drug-likeness (QED) is 0.567. The van der Waals surface area contributed by atoms with Gasteiger partial charge in [0.25, 0.3) is 5.91 Å². The van der Waals surface area contributed by atoms with Gasteiger partial charge in [-0.1, -0.05) is 0 Å². The molecule has 1 saturated carbocycles. The molecule has 1 aliphatic carbocycles. The lowest BCUT2D eigenvalue weighted by molar-refractivity contribution is -0.138. The molecule has 0 radical (unpaired) electrons. The summed E-state index contributed by atoms with van der Waals surface area (Å²) in [6.07, 6.45) is 1.21. The highest BCUT2D eigenvalue weighted by Gasteiger charge is 2.53. The number of nitrogens with one attached hydrogen (secondary N) is 1. The van der Waals surface area contributed by atoms with E-state index in [1.807, 2.05) is 0 Å². The van der Waals surface area contributed by atoms with Crippen LogP contribution in [0.3, 0.4) is 0 Å². The number of aromatic nitrogens is 5. The summed E-state index contributed by atoms with van der Waals surface area (Å²) in [6, 6.07) is 3.92. The van der Waals surface area contributed by atoms with Crippen LogP contribution in [0.2, 0.25) is 0 Å². The van der Waals surface area contributed by atoms with E-state index in [0.29, 0.717) is 43.0 Å². The topological polar surface area (TPSA) is 88.8 Å². The van der Waals surface area contributed by atoms with Crippen LogP contribution in [0, 0.1) is 18.7 Å². The monoisotopic (exact) mass is 475 g/mol. The first-order valence-corrected chi connectivity index (χ1v) is 10.8. The Hall–Kier alpha value is -3.57. The number of halogens is 4. The highest BCUT2D eigenvalue weighted by atomic mass is 19.4. The third-order valence-electron chi connectivity index (χ3n) is 6.55. The second-order valence-electron chi connectivity index (χ2n) is 8.79. The second kappa shape index (κ2) is 8.03. The van der Waals surface area contributed by atoms with Crippen molar-refractivity contribution in [3.05, 3.63) is 59.6 Å². The summed E-state index contributed by atoms with van der Waals surface area (Å²) in [5.74, 6) is -1.38. The number of hydrogen-bond acceptors (Lipinski definition) is 6. The zero-order chi connectivity index (χ0) is 24.1. The van der Waals surface area contributed by atoms with Gasteiger partial charge in [0.15, 0.2) is 17.3 Å². The molecule has 34 heavy (non-hydrogen) atoms. The number of alkyl halides is 3. The number of piperidine rings is 1. The molecule has 1 saturated heterocycles. The van der Waals surface area contributed by atoms with Gasteiger partial charge in [-0.25, -0.2) is 14.4 Å². The molecule has 1 N–H and O–H groups in total. The number of hydrogen-bond donors (Lipinski definition) is 1. The van der Waals surface area contributed by atoms with Gasteiger partial charge < -0.3 is 10.2 Å². The number of pyridine rings is 2. The first kappa shape index (κ1) is 22.2. The smallest absolute Gasteiger partial charge is 0.365 e. The molecule has 3 aromatic rings. The first-order chi connectivity index (χ1) is 16.2. The van der Waals surface area contributed by atoms with Crippen molar-refractivity contribution in [2.45, 2.75) is 37.9 Å². The molecule has 3 aromatic heterocycles. The molecule has 2 unspecified atom stereocenters. The minimum Gasteiger partial charge on any atom is -0.365 e. The van der Waals surface area contributed by atoms with Gasteiger partial charge in [0, 0.05) is 25.0 Å². The Kier molecular flexibility index (Phi) is 5.25. The van der Waals surface area contributed by atoms with E-state index in [-0.39, 0.29) is 29.9 Å². The number of fused-ring (bicyclic) bond motifs is 2. The maximum Gasteiger partial charge on any atom is 0.417 e. The zero-order valence-electron chi connectivity index (χ0n) is 18.2. The van der Waals surface area contributed by atoms with Crippen molar-refractivity contribution >= 4 is 11.7 Å². The summed E-state index contributed by atoms with van der Waals surface area (Å²) in [4.78, 5) is 24.9. The minimum absolute atomic E-state index is 0.158. The molecule has 2 aliphatic rings. The van der Waals surface area contributed by atoms with Crippen molar-refractivity contribution in [3.63, 3.8) is 0 Å². The lowest BCUT2D eigenvalue weighted by atomic mass is 9.96. The number of amides is 1. The maximum atomic E-state index is 14.3. The number of aryl methyl sites for hydroxylation is 1. The molecule has 1 aliphatic heterocycles. The Morgan fingerprint density at radius 3 is 2.71 bits per heavy atom. The Morgan fingerprint density at radius 2 is 2.03 bits per heavy atom. The standard InChI is InChI=1S/C22H21F4N7O/c1-13-2-3-17(33-29-6-7-30-33)18(31-13)20(34)32-11-14-4-5-21(32,9-14)12-28-19-16(23)8-15(10-27-19)22(24,25)26/h2-3,6-8,10,14H,4-5,9,11-12H2,1H3,(H,27,28). The van der Waals surface area contributed by atoms with E-state index in [4.69, 9.17) is 0 Å². The fourth-order valence-corrected chi connectivity index (χ4v) is 4.93. The Balaban J connectivity index is 1.41. The van der Waals surface area contributed by atoms with Crippen LogP contribution in [0.4, 0.5) is 23.4 Å². The van der Waals surface area contributed by atoms with Gasteiger partial charge in [0.1, 0.15) is 5.69 Å². The van der Waals surface area contributed by atoms with E-state index in [0.717, 1.165) is 6.42 Å². The number of anilines is 1. The van der Waals surface area contributed by atoms with Gasteiger partial charge in [-0.05, 0) is 50.3 Å². The van der Waals surface area contributed by atoms with E-state index in [9.17, 15) is 22.4 Å². The van der Waals surface area contributed by atoms with Crippen molar-refractivity contribution in [2.75, 3.05) is 18.4 Å². The molecular formula is C22H21F4N7O. The Morgan fingerprint density at radius 1 is 1.26 bits per heavy atom. The molecule has 5 rings (SSSR count). The number of nitrogens with zero attached hydrogens (tertiary/aromatic N) is 6. The average molecular weight is 475 g/mol. The average Bonchev–Trinajstić information content (AvgIpc) is 3.54. The summed E-state index contributed by atoms with van der Waals surface area (Å²) < 4.78 is 52.8. The van der Waals surface area contributed by atoms with Crippen molar-refractivity contribution in [2.24, 2.45) is 5.92 Å². The van der Waals surface area contributed by atoms with Crippen LogP contribution in [0.25, 0.3) is 5.69 Å². The van der Waals surface area contributed by atoms with E-state index in [1.165, 1.54) is 17.2 Å². The Bertz CT molecular complexity index is 1230. The fraction of sp³-hybridized carbons (Fsp3) is 0.409. The zero-order valence-corrected chi connectivity index (χ0v) is 18.2. The predicted octanol–water partition coefficient (Wildman–Crippen LogP) is 3.63. The summed E-state index contributed by atoms with van der Waals surface area (Å²) in [5, 5.41) is 11.1. The lowest BCUT2D eigenvalue weighted by Crippen LogP contribution is -2.52. The van der Waals surface area contributed by atoms with Gasteiger partial charge in [-0.3, -0.25) is 4.79 Å². The highest BCUT2D eigenvalue weighted by molar-refractivity contribution is 5.96. The maximum absolute atomic E-state index is 14.3. The van der Waals surface area contributed by atoms with Gasteiger partial charge in [-0.2, -0.15) is 23.4 Å². The molecule has 178 valence electrons. The van der Waals surface area contributed by atoms with Gasteiger partial charge in [0.2, 0.25) is 0 Å². The highest BCUT2D eigenvalue weighted by Crippen LogP contribution is 2.47. The normalized spacial score (nSPS) is 21.8. The van der Waals surface area contributed by atoms with Gasteiger partial charge in [0.05, 0.1) is 23.5 Å². The van der Waals surface area contributed by atoms with Crippen LogP contribution < -0.4 is 5.32 Å². The largest absolute Gasteiger partial charge is 0.417 e. The van der Waals surface area contributed by atoms with Gasteiger partial charge >= 0.3 is 6.18 Å². The van der Waals surface area contributed by atoms with E-state index in [2.05, 4.69) is 25.5 Å². The van der Waals surface area contributed by atoms with Crippen LogP contribution in [0.1, 0.15) is 41.0 Å². The van der Waals surface area contributed by atoms with E-state index < -0.39 is 23.1 Å². The summed E-state index contributed by atoms with van der Waals surface area (Å²) in [5.41, 5.74) is -0.466. The molecular weight excluding hydrogens is 454 g/mol. The van der Waals surface area contributed by atoms with Crippen LogP contribution in [-0.4, -0.2) is 54.4 Å². The molecule has 0 spiro atoms. The number of rotatable bonds is 5. The van der Waals surface area contributed by atoms with E-state index in [1.54, 1.807) is 24.0 Å². The third kappa shape index (κ3) is 3.86. The Labute approximate surface area is 192 Å². The number of likely N-dealkylation sites (tertiary alicyclic amines) is 1. The first-order valence-electron chi connectivity index (χ1n) is 10.8. The lowest BCUT2D eigenvalue weighted by Gasteiger charge is -2.39. The molecule has 2 bridgehead atoms. The van der Waals surface area contributed by atoms with Crippen LogP contribution >= 0.6 is 0 Å². The molecule has 12 heteroatoms. The predicted molar refractivity (Wildman–Crippen MR) is 113 cm³/mol. The fourth-order valence-electron chi connectivity index (χ4n) is 4.93. The van der Waals surface area contributed by atoms with Crippen molar-refractivity contribution < 1.29 is 22.4 Å². The SMILES string of the molecule is Cc1ccc(-n2nccn2)c(C(=O)N2CC3CCC2(CNc2ncc(C(F)(F)F)cc2F)C3)n1. The molecule has 1 amide bonds. The molecule has 2 fully saturated rings. The molecule has 2 atom stereocenters. The number of carbonyl (C=O) groups is 1. The van der Waals surface area contributed by atoms with Crippen molar-refractivity contribution in [3.8, 4) is 5.69 Å². The summed E-state index contributed by atoms with van der Waals surface area (Å²) in [7, 11) is 0. The number of carbonyl (C=O) groups excluding carboxylic acids is 1. The molecule has 8 nitrogen and oxygen atoms in total. The van der Waals surface area contributed by atoms with Crippen LogP contribution in [-0.2, 0) is 6.18 Å². The second-order valence-corrected chi connectivity index (χ2v) is 8.79.